The van der Waals surface area contributed by atoms with Crippen LogP contribution < -0.4 is 14.4 Å². The molecule has 0 radical (unpaired) electrons. The molecule has 0 aliphatic carbocycles. The minimum atomic E-state index is -3.93. The van der Waals surface area contributed by atoms with Gasteiger partial charge in [0.2, 0.25) is 0 Å². The Labute approximate surface area is 190 Å². The van der Waals surface area contributed by atoms with Gasteiger partial charge in [0.25, 0.3) is 10.0 Å². The highest BCUT2D eigenvalue weighted by Gasteiger charge is 2.19. The number of anilines is 2. The van der Waals surface area contributed by atoms with Gasteiger partial charge < -0.3 is 19.7 Å². The van der Waals surface area contributed by atoms with E-state index in [-0.39, 0.29) is 10.6 Å². The van der Waals surface area contributed by atoms with Crippen LogP contribution in [0.1, 0.15) is 0 Å². The van der Waals surface area contributed by atoms with Crippen molar-refractivity contribution in [2.45, 2.75) is 4.90 Å². The SMILES string of the molecule is CN(C)c1ccc(NS(=O)(=O)c2ccc(OCC(=O)O)cc2)c(-c2nc3ccccc3[nH]2)c1. The topological polar surface area (TPSA) is 125 Å². The summed E-state index contributed by atoms with van der Waals surface area (Å²) in [5.41, 5.74) is 3.46. The summed E-state index contributed by atoms with van der Waals surface area (Å²) >= 11 is 0. The summed E-state index contributed by atoms with van der Waals surface area (Å²) in [5, 5.41) is 8.70. The van der Waals surface area contributed by atoms with Gasteiger partial charge in [-0.2, -0.15) is 0 Å². The second-order valence-electron chi connectivity index (χ2n) is 7.49. The van der Waals surface area contributed by atoms with E-state index in [1.54, 1.807) is 6.07 Å². The number of ether oxygens (including phenoxy) is 1. The van der Waals surface area contributed by atoms with Crippen LogP contribution >= 0.6 is 0 Å². The molecule has 3 aromatic carbocycles. The van der Waals surface area contributed by atoms with Crippen molar-refractivity contribution in [3.63, 3.8) is 0 Å². The Hall–Kier alpha value is -4.05. The lowest BCUT2D eigenvalue weighted by molar-refractivity contribution is -0.139. The third-order valence-corrected chi connectivity index (χ3v) is 6.29. The second-order valence-corrected chi connectivity index (χ2v) is 9.17. The number of para-hydroxylation sites is 2. The number of hydrogen-bond donors (Lipinski definition) is 3. The fraction of sp³-hybridized carbons (Fsp3) is 0.130. The molecule has 170 valence electrons. The van der Waals surface area contributed by atoms with E-state index in [0.29, 0.717) is 17.1 Å². The van der Waals surface area contributed by atoms with E-state index < -0.39 is 22.6 Å². The van der Waals surface area contributed by atoms with Crippen LogP contribution in [0.2, 0.25) is 0 Å². The number of aliphatic carboxylic acids is 1. The number of rotatable bonds is 8. The first kappa shape index (κ1) is 22.2. The number of hydrogen-bond acceptors (Lipinski definition) is 6. The van der Waals surface area contributed by atoms with Crippen molar-refractivity contribution in [3.8, 4) is 17.1 Å². The minimum absolute atomic E-state index is 0.0115. The first-order valence-electron chi connectivity index (χ1n) is 9.97. The van der Waals surface area contributed by atoms with E-state index >= 15 is 0 Å². The first-order valence-corrected chi connectivity index (χ1v) is 11.5. The van der Waals surface area contributed by atoms with Gasteiger partial charge in [-0.3, -0.25) is 4.72 Å². The van der Waals surface area contributed by atoms with Crippen molar-refractivity contribution in [1.29, 1.82) is 0 Å². The maximum Gasteiger partial charge on any atom is 0.341 e. The van der Waals surface area contributed by atoms with Crippen molar-refractivity contribution < 1.29 is 23.1 Å². The Balaban J connectivity index is 1.69. The Morgan fingerprint density at radius 2 is 1.82 bits per heavy atom. The summed E-state index contributed by atoms with van der Waals surface area (Å²) in [7, 11) is -0.135. The van der Waals surface area contributed by atoms with Crippen molar-refractivity contribution in [3.05, 3.63) is 66.7 Å². The molecule has 9 nitrogen and oxygen atoms in total. The number of aromatic nitrogens is 2. The zero-order chi connectivity index (χ0) is 23.6. The highest BCUT2D eigenvalue weighted by atomic mass is 32.2. The van der Waals surface area contributed by atoms with Crippen LogP contribution in [0.15, 0.2) is 71.6 Å². The van der Waals surface area contributed by atoms with E-state index in [1.165, 1.54) is 24.3 Å². The van der Waals surface area contributed by atoms with Gasteiger partial charge in [0.05, 0.1) is 21.6 Å². The molecular weight excluding hydrogens is 444 g/mol. The van der Waals surface area contributed by atoms with Gasteiger partial charge in [0.15, 0.2) is 6.61 Å². The summed E-state index contributed by atoms with van der Waals surface area (Å²) < 4.78 is 33.8. The molecule has 0 unspecified atom stereocenters. The molecule has 10 heteroatoms. The molecule has 1 aromatic heterocycles. The predicted molar refractivity (Wildman–Crippen MR) is 126 cm³/mol. The largest absolute Gasteiger partial charge is 0.482 e. The number of fused-ring (bicyclic) bond motifs is 1. The van der Waals surface area contributed by atoms with Crippen molar-refractivity contribution in [2.24, 2.45) is 0 Å². The third kappa shape index (κ3) is 4.90. The zero-order valence-corrected chi connectivity index (χ0v) is 18.8. The zero-order valence-electron chi connectivity index (χ0n) is 17.9. The number of nitrogens with zero attached hydrogens (tertiary/aromatic N) is 2. The molecule has 0 fully saturated rings. The smallest absolute Gasteiger partial charge is 0.341 e. The molecule has 0 saturated heterocycles. The molecule has 0 spiro atoms. The number of carboxylic acid groups (broad SMARTS) is 1. The Kier molecular flexibility index (Phi) is 5.93. The van der Waals surface area contributed by atoms with Crippen LogP contribution in [0.3, 0.4) is 0 Å². The van der Waals surface area contributed by atoms with Crippen LogP contribution in [0.25, 0.3) is 22.4 Å². The maximum absolute atomic E-state index is 13.1. The predicted octanol–water partition coefficient (Wildman–Crippen LogP) is 3.56. The summed E-state index contributed by atoms with van der Waals surface area (Å²) in [4.78, 5) is 20.4. The lowest BCUT2D eigenvalue weighted by atomic mass is 10.1. The van der Waals surface area contributed by atoms with Gasteiger partial charge in [-0.25, -0.2) is 18.2 Å². The van der Waals surface area contributed by atoms with Gasteiger partial charge >= 0.3 is 5.97 Å². The monoisotopic (exact) mass is 466 g/mol. The summed E-state index contributed by atoms with van der Waals surface area (Å²) in [6.07, 6.45) is 0. The van der Waals surface area contributed by atoms with Crippen molar-refractivity contribution >= 4 is 38.4 Å². The molecule has 4 aromatic rings. The molecule has 0 amide bonds. The van der Waals surface area contributed by atoms with Crippen LogP contribution in [0.5, 0.6) is 5.75 Å². The van der Waals surface area contributed by atoms with Gasteiger partial charge in [-0.1, -0.05) is 12.1 Å². The number of sulfonamides is 1. The molecule has 0 bridgehead atoms. The third-order valence-electron chi connectivity index (χ3n) is 4.90. The van der Waals surface area contributed by atoms with Gasteiger partial charge in [-0.05, 0) is 54.6 Å². The highest BCUT2D eigenvalue weighted by Crippen LogP contribution is 2.33. The Bertz CT molecular complexity index is 1380. The number of carbonyl (C=O) groups is 1. The van der Waals surface area contributed by atoms with Gasteiger partial charge in [-0.15, -0.1) is 0 Å². The normalized spacial score (nSPS) is 11.3. The number of carboxylic acids is 1. The van der Waals surface area contributed by atoms with Gasteiger partial charge in [0.1, 0.15) is 11.6 Å². The first-order chi connectivity index (χ1) is 15.7. The number of imidazole rings is 1. The fourth-order valence-corrected chi connectivity index (χ4v) is 4.32. The number of aromatic amines is 1. The quantitative estimate of drug-likeness (QED) is 0.363. The number of benzene rings is 3. The average molecular weight is 467 g/mol. The van der Waals surface area contributed by atoms with Crippen molar-refractivity contribution in [1.82, 2.24) is 9.97 Å². The van der Waals surface area contributed by atoms with Crippen molar-refractivity contribution in [2.75, 3.05) is 30.3 Å². The summed E-state index contributed by atoms with van der Waals surface area (Å²) in [6.45, 7) is -0.510. The maximum atomic E-state index is 13.1. The Morgan fingerprint density at radius 1 is 1.09 bits per heavy atom. The van der Waals surface area contributed by atoms with E-state index in [1.807, 2.05) is 55.4 Å². The summed E-state index contributed by atoms with van der Waals surface area (Å²) in [5.74, 6) is -0.322. The molecule has 0 aliphatic heterocycles. The standard InChI is InChI=1S/C23H22N4O5S/c1-27(2)15-7-12-19(18(13-15)23-24-20-5-3-4-6-21(20)25-23)26-33(30,31)17-10-8-16(9-11-17)32-14-22(28)29/h3-13,26H,14H2,1-2H3,(H,24,25)(H,28,29). The van der Waals surface area contributed by atoms with Crippen LogP contribution in [0, 0.1) is 0 Å². The lowest BCUT2D eigenvalue weighted by Gasteiger charge is -2.17. The molecule has 33 heavy (non-hydrogen) atoms. The highest BCUT2D eigenvalue weighted by molar-refractivity contribution is 7.92. The van der Waals surface area contributed by atoms with Crippen LogP contribution in [-0.2, 0) is 14.8 Å². The number of nitrogens with one attached hydrogen (secondary N) is 2. The average Bonchev–Trinajstić information content (AvgIpc) is 3.22. The lowest BCUT2D eigenvalue weighted by Crippen LogP contribution is -2.15. The molecule has 0 saturated carbocycles. The summed E-state index contributed by atoms with van der Waals surface area (Å²) in [6, 6.07) is 18.5. The number of H-pyrrole nitrogens is 1. The van der Waals surface area contributed by atoms with E-state index in [0.717, 1.165) is 16.7 Å². The molecule has 3 N–H and O–H groups in total. The van der Waals surface area contributed by atoms with E-state index in [4.69, 9.17) is 9.84 Å². The molecule has 4 rings (SSSR count). The molecule has 0 aliphatic rings. The van der Waals surface area contributed by atoms with Gasteiger partial charge in [0, 0.05) is 25.3 Å². The van der Waals surface area contributed by atoms with E-state index in [9.17, 15) is 13.2 Å². The molecule has 0 atom stereocenters. The minimum Gasteiger partial charge on any atom is -0.482 e. The Morgan fingerprint density at radius 3 is 2.48 bits per heavy atom. The second kappa shape index (κ2) is 8.83. The fourth-order valence-electron chi connectivity index (χ4n) is 3.24. The van der Waals surface area contributed by atoms with E-state index in [2.05, 4.69) is 14.7 Å². The molecule has 1 heterocycles. The van der Waals surface area contributed by atoms with Crippen LogP contribution in [0.4, 0.5) is 11.4 Å². The van der Waals surface area contributed by atoms with Crippen LogP contribution in [-0.4, -0.2) is 50.2 Å². The molecular formula is C23H22N4O5S.